The summed E-state index contributed by atoms with van der Waals surface area (Å²) in [6.07, 6.45) is 6.46. The summed E-state index contributed by atoms with van der Waals surface area (Å²) in [5.41, 5.74) is 6.30. The van der Waals surface area contributed by atoms with Crippen LogP contribution in [-0.2, 0) is 17.6 Å². The normalized spacial score (nSPS) is 18.2. The number of hydrogen-bond donors (Lipinski definition) is 1. The fourth-order valence-electron chi connectivity index (χ4n) is 5.60. The third kappa shape index (κ3) is 4.37. The number of likely N-dealkylation sites (tertiary alicyclic amines) is 1. The van der Waals surface area contributed by atoms with Crippen molar-refractivity contribution in [1.82, 2.24) is 19.5 Å². The number of piperidine rings is 1. The zero-order valence-electron chi connectivity index (χ0n) is 20.5. The number of anilines is 1. The number of hydrogen-bond acceptors (Lipinski definition) is 4. The summed E-state index contributed by atoms with van der Waals surface area (Å²) in [6, 6.07) is 18.6. The second-order valence-corrected chi connectivity index (χ2v) is 10.4. The van der Waals surface area contributed by atoms with Gasteiger partial charge in [-0.05, 0) is 54.8 Å². The lowest BCUT2D eigenvalue weighted by molar-refractivity contribution is -0.136. The van der Waals surface area contributed by atoms with Crippen LogP contribution in [0.2, 0.25) is 5.02 Å². The minimum Gasteiger partial charge on any atom is -0.367 e. The number of benzene rings is 2. The van der Waals surface area contributed by atoms with Crippen LogP contribution in [0.3, 0.4) is 0 Å². The minimum absolute atomic E-state index is 0.106. The number of nitrogens with one attached hydrogen (secondary N) is 1. The molecule has 1 aliphatic heterocycles. The Morgan fingerprint density at radius 3 is 2.58 bits per heavy atom. The molecule has 36 heavy (non-hydrogen) atoms. The first-order valence-electron chi connectivity index (χ1n) is 12.8. The van der Waals surface area contributed by atoms with Crippen LogP contribution in [0.25, 0.3) is 16.9 Å². The molecule has 1 amide bonds. The number of aromatic nitrogens is 3. The molecule has 6 rings (SSSR count). The molecule has 0 spiro atoms. The van der Waals surface area contributed by atoms with Crippen LogP contribution in [0.4, 0.5) is 5.82 Å². The van der Waals surface area contributed by atoms with Gasteiger partial charge in [0.05, 0.1) is 5.69 Å². The zero-order chi connectivity index (χ0) is 24.6. The van der Waals surface area contributed by atoms with Gasteiger partial charge in [-0.15, -0.1) is 0 Å². The van der Waals surface area contributed by atoms with E-state index in [0.29, 0.717) is 10.9 Å². The maximum atomic E-state index is 13.3. The van der Waals surface area contributed by atoms with Crippen LogP contribution in [0, 0.1) is 5.92 Å². The molecule has 0 radical (unpaired) electrons. The number of carbonyl (C=O) groups excluding carboxylic acids is 1. The highest BCUT2D eigenvalue weighted by molar-refractivity contribution is 6.36. The standard InChI is InChI=1S/C28H29BClN5O/c29-23-17-31-35-26(16-25(33-27(23)35)22-7-3-4-8-24(22)30)32-21-11-13-34(14-12-21)28(36)20-10-9-18-5-1-2-6-19(18)15-20/h1-8,16-17,20-21,32H,9-15,29H2. The average molecular weight is 498 g/mol. The van der Waals surface area contributed by atoms with Crippen molar-refractivity contribution in [2.24, 2.45) is 5.92 Å². The van der Waals surface area contributed by atoms with E-state index in [1.165, 1.54) is 11.1 Å². The summed E-state index contributed by atoms with van der Waals surface area (Å²) in [6.45, 7) is 1.55. The Morgan fingerprint density at radius 1 is 1.03 bits per heavy atom. The van der Waals surface area contributed by atoms with Gasteiger partial charge in [-0.2, -0.15) is 9.61 Å². The molecule has 2 aromatic carbocycles. The number of fused-ring (bicyclic) bond motifs is 2. The van der Waals surface area contributed by atoms with E-state index in [0.717, 1.165) is 73.4 Å². The van der Waals surface area contributed by atoms with Crippen LogP contribution >= 0.6 is 11.6 Å². The summed E-state index contributed by atoms with van der Waals surface area (Å²) in [7, 11) is 2.02. The molecular weight excluding hydrogens is 469 g/mol. The third-order valence-corrected chi connectivity index (χ3v) is 7.98. The molecule has 1 saturated heterocycles. The first kappa shape index (κ1) is 23.1. The van der Waals surface area contributed by atoms with E-state index in [9.17, 15) is 4.79 Å². The molecule has 1 aliphatic carbocycles. The molecule has 0 saturated carbocycles. The van der Waals surface area contributed by atoms with Crippen LogP contribution < -0.4 is 10.8 Å². The van der Waals surface area contributed by atoms with Crippen molar-refractivity contribution in [2.75, 3.05) is 18.4 Å². The highest BCUT2D eigenvalue weighted by Crippen LogP contribution is 2.30. The van der Waals surface area contributed by atoms with E-state index >= 15 is 0 Å². The predicted octanol–water partition coefficient (Wildman–Crippen LogP) is 3.52. The molecule has 3 heterocycles. The maximum absolute atomic E-state index is 13.3. The molecule has 8 heteroatoms. The lowest BCUT2D eigenvalue weighted by Gasteiger charge is -2.36. The van der Waals surface area contributed by atoms with Crippen LogP contribution in [0.1, 0.15) is 30.4 Å². The van der Waals surface area contributed by atoms with E-state index in [4.69, 9.17) is 16.6 Å². The van der Waals surface area contributed by atoms with Crippen molar-refractivity contribution in [1.29, 1.82) is 0 Å². The van der Waals surface area contributed by atoms with E-state index in [1.54, 1.807) is 0 Å². The quantitative estimate of drug-likeness (QED) is 0.438. The Morgan fingerprint density at radius 2 is 1.78 bits per heavy atom. The molecular formula is C28H29BClN5O. The smallest absolute Gasteiger partial charge is 0.226 e. The van der Waals surface area contributed by atoms with Gasteiger partial charge in [0.15, 0.2) is 5.65 Å². The molecule has 6 nitrogen and oxygen atoms in total. The van der Waals surface area contributed by atoms with Crippen molar-refractivity contribution >= 4 is 42.3 Å². The third-order valence-electron chi connectivity index (χ3n) is 7.65. The Bertz CT molecular complexity index is 1430. The molecule has 1 unspecified atom stereocenters. The van der Waals surface area contributed by atoms with Gasteiger partial charge in [0.2, 0.25) is 5.91 Å². The molecule has 1 fully saturated rings. The van der Waals surface area contributed by atoms with E-state index < -0.39 is 0 Å². The Labute approximate surface area is 217 Å². The van der Waals surface area contributed by atoms with Gasteiger partial charge in [0, 0.05) is 47.9 Å². The number of halogens is 1. The van der Waals surface area contributed by atoms with Crippen LogP contribution in [-0.4, -0.2) is 52.4 Å². The van der Waals surface area contributed by atoms with Gasteiger partial charge in [-0.1, -0.05) is 54.1 Å². The second-order valence-electron chi connectivity index (χ2n) is 10.0. The van der Waals surface area contributed by atoms with Gasteiger partial charge in [0.25, 0.3) is 0 Å². The second kappa shape index (κ2) is 9.62. The van der Waals surface area contributed by atoms with Gasteiger partial charge in [-0.3, -0.25) is 4.79 Å². The summed E-state index contributed by atoms with van der Waals surface area (Å²) < 4.78 is 1.87. The topological polar surface area (TPSA) is 62.5 Å². The Hall–Kier alpha value is -3.32. The first-order chi connectivity index (χ1) is 17.6. The summed E-state index contributed by atoms with van der Waals surface area (Å²) in [4.78, 5) is 20.2. The fourth-order valence-corrected chi connectivity index (χ4v) is 5.84. The van der Waals surface area contributed by atoms with E-state index in [2.05, 4.69) is 39.6 Å². The number of nitrogens with zero attached hydrogens (tertiary/aromatic N) is 4. The molecule has 4 aromatic rings. The summed E-state index contributed by atoms with van der Waals surface area (Å²) in [5, 5.41) is 8.93. The highest BCUT2D eigenvalue weighted by atomic mass is 35.5. The maximum Gasteiger partial charge on any atom is 0.226 e. The van der Waals surface area contributed by atoms with Gasteiger partial charge in [-0.25, -0.2) is 4.98 Å². The highest BCUT2D eigenvalue weighted by Gasteiger charge is 2.31. The Kier molecular flexibility index (Phi) is 6.18. The SMILES string of the molecule is Bc1cnn2c(NC3CCN(C(=O)C4CCc5ccccc5C4)CC3)cc(-c3ccccc3Cl)nc12. The van der Waals surface area contributed by atoms with E-state index in [1.807, 2.05) is 48.9 Å². The van der Waals surface area contributed by atoms with Crippen molar-refractivity contribution in [2.45, 2.75) is 38.1 Å². The van der Waals surface area contributed by atoms with Crippen LogP contribution in [0.15, 0.2) is 60.8 Å². The Balaban J connectivity index is 1.16. The van der Waals surface area contributed by atoms with Gasteiger partial charge >= 0.3 is 0 Å². The van der Waals surface area contributed by atoms with Gasteiger partial charge in [0.1, 0.15) is 13.7 Å². The first-order valence-corrected chi connectivity index (χ1v) is 13.2. The van der Waals surface area contributed by atoms with E-state index in [-0.39, 0.29) is 12.0 Å². The van der Waals surface area contributed by atoms with Crippen molar-refractivity contribution in [3.05, 3.63) is 76.9 Å². The fraction of sp³-hybridized carbons (Fsp3) is 0.321. The molecule has 182 valence electrons. The number of aryl methyl sites for hydroxylation is 1. The lowest BCUT2D eigenvalue weighted by atomic mass is 9.83. The lowest BCUT2D eigenvalue weighted by Crippen LogP contribution is -2.45. The zero-order valence-corrected chi connectivity index (χ0v) is 21.2. The van der Waals surface area contributed by atoms with Crippen molar-refractivity contribution in [3.8, 4) is 11.3 Å². The number of rotatable bonds is 4. The molecule has 1 atom stereocenters. The number of amides is 1. The molecule has 0 bridgehead atoms. The summed E-state index contributed by atoms with van der Waals surface area (Å²) >= 11 is 6.49. The molecule has 1 N–H and O–H groups in total. The van der Waals surface area contributed by atoms with Crippen LogP contribution in [0.5, 0.6) is 0 Å². The minimum atomic E-state index is 0.106. The van der Waals surface area contributed by atoms with Crippen molar-refractivity contribution in [3.63, 3.8) is 0 Å². The number of carbonyl (C=O) groups is 1. The van der Waals surface area contributed by atoms with Crippen molar-refractivity contribution < 1.29 is 4.79 Å². The average Bonchev–Trinajstić information content (AvgIpc) is 3.29. The predicted molar refractivity (Wildman–Crippen MR) is 147 cm³/mol. The summed E-state index contributed by atoms with van der Waals surface area (Å²) in [5.74, 6) is 1.32. The molecule has 2 aliphatic rings. The largest absolute Gasteiger partial charge is 0.367 e. The van der Waals surface area contributed by atoms with Gasteiger partial charge < -0.3 is 10.2 Å². The monoisotopic (exact) mass is 497 g/mol. The molecule has 2 aromatic heterocycles.